The molecule has 0 saturated carbocycles. The predicted octanol–water partition coefficient (Wildman–Crippen LogP) is 1.16. The summed E-state index contributed by atoms with van der Waals surface area (Å²) in [6.07, 6.45) is -0.365. The van der Waals surface area contributed by atoms with Crippen molar-refractivity contribution in [3.63, 3.8) is 0 Å². The van der Waals surface area contributed by atoms with Gasteiger partial charge in [-0.1, -0.05) is 0 Å². The summed E-state index contributed by atoms with van der Waals surface area (Å²) < 4.78 is 5.18. The Bertz CT molecular complexity index is 276. The van der Waals surface area contributed by atoms with E-state index in [-0.39, 0.29) is 18.2 Å². The normalized spacial score (nSPS) is 29.3. The van der Waals surface area contributed by atoms with Gasteiger partial charge in [0, 0.05) is 6.04 Å². The molecular formula is C10H15NO2S. The van der Waals surface area contributed by atoms with Crippen LogP contribution < -0.4 is 5.32 Å². The van der Waals surface area contributed by atoms with Crippen molar-refractivity contribution in [3.05, 3.63) is 22.4 Å². The number of thiophene rings is 1. The first-order chi connectivity index (χ1) is 6.77. The lowest BCUT2D eigenvalue weighted by Gasteiger charge is -2.19. The van der Waals surface area contributed by atoms with Gasteiger partial charge in [0.25, 0.3) is 0 Å². The zero-order valence-electron chi connectivity index (χ0n) is 8.14. The number of nitrogens with one attached hydrogen (secondary N) is 1. The molecule has 2 heterocycles. The summed E-state index contributed by atoms with van der Waals surface area (Å²) >= 11 is 1.69. The summed E-state index contributed by atoms with van der Waals surface area (Å²) in [5.74, 6) is 0. The van der Waals surface area contributed by atoms with Gasteiger partial charge in [0.1, 0.15) is 0 Å². The Hall–Kier alpha value is -0.420. The van der Waals surface area contributed by atoms with Crippen LogP contribution in [0.2, 0.25) is 0 Å². The highest BCUT2D eigenvalue weighted by molar-refractivity contribution is 7.07. The molecule has 3 nitrogen and oxygen atoms in total. The molecule has 0 aliphatic carbocycles. The number of hydrogen-bond acceptors (Lipinski definition) is 4. The molecule has 3 atom stereocenters. The molecule has 1 aliphatic rings. The molecule has 1 fully saturated rings. The average Bonchev–Trinajstić information content (AvgIpc) is 2.77. The Morgan fingerprint density at radius 2 is 2.50 bits per heavy atom. The number of aliphatic hydroxyl groups excluding tert-OH is 1. The van der Waals surface area contributed by atoms with E-state index in [1.165, 1.54) is 5.56 Å². The van der Waals surface area contributed by atoms with Crippen molar-refractivity contribution in [2.45, 2.75) is 25.1 Å². The van der Waals surface area contributed by atoms with Crippen molar-refractivity contribution in [2.75, 3.05) is 13.2 Å². The molecule has 4 heteroatoms. The minimum atomic E-state index is -0.365. The highest BCUT2D eigenvalue weighted by atomic mass is 32.1. The second-order valence-electron chi connectivity index (χ2n) is 3.66. The summed E-state index contributed by atoms with van der Waals surface area (Å²) in [4.78, 5) is 0. The highest BCUT2D eigenvalue weighted by Crippen LogP contribution is 2.18. The minimum absolute atomic E-state index is 0.0740. The molecule has 2 N–H and O–H groups in total. The van der Waals surface area contributed by atoms with E-state index in [0.717, 1.165) is 0 Å². The minimum Gasteiger partial charge on any atom is -0.389 e. The average molecular weight is 213 g/mol. The van der Waals surface area contributed by atoms with Crippen LogP contribution in [0.3, 0.4) is 0 Å². The van der Waals surface area contributed by atoms with Crippen molar-refractivity contribution in [1.82, 2.24) is 5.32 Å². The Morgan fingerprint density at radius 3 is 3.07 bits per heavy atom. The van der Waals surface area contributed by atoms with E-state index in [4.69, 9.17) is 4.74 Å². The zero-order valence-corrected chi connectivity index (χ0v) is 8.96. The van der Waals surface area contributed by atoms with Gasteiger partial charge in [0.2, 0.25) is 0 Å². The van der Waals surface area contributed by atoms with E-state index in [1.54, 1.807) is 11.3 Å². The molecule has 1 aromatic heterocycles. The van der Waals surface area contributed by atoms with Crippen LogP contribution in [0.25, 0.3) is 0 Å². The van der Waals surface area contributed by atoms with Gasteiger partial charge in [0.15, 0.2) is 0 Å². The lowest BCUT2D eigenvalue weighted by Crippen LogP contribution is -2.40. The predicted molar refractivity (Wildman–Crippen MR) is 56.5 cm³/mol. The van der Waals surface area contributed by atoms with Gasteiger partial charge >= 0.3 is 0 Å². The zero-order chi connectivity index (χ0) is 9.97. The molecule has 3 unspecified atom stereocenters. The SMILES string of the molecule is CC(NC1COCC1O)c1ccsc1. The van der Waals surface area contributed by atoms with Crippen molar-refractivity contribution in [2.24, 2.45) is 0 Å². The van der Waals surface area contributed by atoms with E-state index < -0.39 is 0 Å². The van der Waals surface area contributed by atoms with Crippen LogP contribution in [0.1, 0.15) is 18.5 Å². The first kappa shape index (κ1) is 10.1. The molecule has 14 heavy (non-hydrogen) atoms. The molecule has 1 aliphatic heterocycles. The number of ether oxygens (including phenoxy) is 1. The third kappa shape index (κ3) is 2.15. The Kier molecular flexibility index (Phi) is 3.18. The first-order valence-corrected chi connectivity index (χ1v) is 5.75. The maximum Gasteiger partial charge on any atom is 0.0948 e. The molecule has 0 bridgehead atoms. The molecule has 0 amide bonds. The van der Waals surface area contributed by atoms with Crippen LogP contribution in [-0.2, 0) is 4.74 Å². The van der Waals surface area contributed by atoms with Crippen LogP contribution in [0, 0.1) is 0 Å². The fraction of sp³-hybridized carbons (Fsp3) is 0.600. The van der Waals surface area contributed by atoms with Gasteiger partial charge in [-0.2, -0.15) is 11.3 Å². The van der Waals surface area contributed by atoms with Crippen molar-refractivity contribution in [3.8, 4) is 0 Å². The molecule has 0 aromatic carbocycles. The fourth-order valence-corrected chi connectivity index (χ4v) is 2.39. The Labute approximate surface area is 87.7 Å². The van der Waals surface area contributed by atoms with Gasteiger partial charge in [-0.05, 0) is 29.3 Å². The second kappa shape index (κ2) is 4.40. The van der Waals surface area contributed by atoms with E-state index in [9.17, 15) is 5.11 Å². The van der Waals surface area contributed by atoms with Crippen LogP contribution in [0.5, 0.6) is 0 Å². The van der Waals surface area contributed by atoms with Gasteiger partial charge in [-0.15, -0.1) is 0 Å². The molecule has 2 rings (SSSR count). The third-order valence-corrected chi connectivity index (χ3v) is 3.26. The van der Waals surface area contributed by atoms with E-state index in [0.29, 0.717) is 13.2 Å². The summed E-state index contributed by atoms with van der Waals surface area (Å²) in [6.45, 7) is 3.16. The smallest absolute Gasteiger partial charge is 0.0948 e. The maximum atomic E-state index is 9.55. The number of hydrogen-bond donors (Lipinski definition) is 2. The Balaban J connectivity index is 1.91. The summed E-state index contributed by atoms with van der Waals surface area (Å²) in [6, 6.07) is 2.46. The standard InChI is InChI=1S/C10H15NO2S/c1-7(8-2-3-14-6-8)11-9-4-13-5-10(9)12/h2-3,6-7,9-12H,4-5H2,1H3. The van der Waals surface area contributed by atoms with Crippen LogP contribution >= 0.6 is 11.3 Å². The number of rotatable bonds is 3. The van der Waals surface area contributed by atoms with Gasteiger partial charge < -0.3 is 15.2 Å². The largest absolute Gasteiger partial charge is 0.389 e. The molecule has 0 radical (unpaired) electrons. The Morgan fingerprint density at radius 1 is 1.64 bits per heavy atom. The fourth-order valence-electron chi connectivity index (χ4n) is 1.64. The van der Waals surface area contributed by atoms with E-state index in [1.807, 2.05) is 0 Å². The topological polar surface area (TPSA) is 41.5 Å². The van der Waals surface area contributed by atoms with Crippen molar-refractivity contribution < 1.29 is 9.84 Å². The summed E-state index contributed by atoms with van der Waals surface area (Å²) in [5, 5.41) is 17.1. The maximum absolute atomic E-state index is 9.55. The van der Waals surface area contributed by atoms with Crippen LogP contribution in [0.15, 0.2) is 16.8 Å². The molecule has 1 saturated heterocycles. The van der Waals surface area contributed by atoms with Crippen LogP contribution in [0.4, 0.5) is 0 Å². The quantitative estimate of drug-likeness (QED) is 0.791. The molecule has 0 spiro atoms. The monoisotopic (exact) mass is 213 g/mol. The molecule has 1 aromatic rings. The second-order valence-corrected chi connectivity index (χ2v) is 4.44. The van der Waals surface area contributed by atoms with Gasteiger partial charge in [-0.25, -0.2) is 0 Å². The summed E-state index contributed by atoms with van der Waals surface area (Å²) in [5.41, 5.74) is 1.27. The molecular weight excluding hydrogens is 198 g/mol. The molecule has 78 valence electrons. The number of aliphatic hydroxyl groups is 1. The van der Waals surface area contributed by atoms with Gasteiger partial charge in [0.05, 0.1) is 25.4 Å². The first-order valence-electron chi connectivity index (χ1n) is 4.81. The lowest BCUT2D eigenvalue weighted by atomic mass is 10.1. The summed E-state index contributed by atoms with van der Waals surface area (Å²) in [7, 11) is 0. The lowest BCUT2D eigenvalue weighted by molar-refractivity contribution is 0.121. The van der Waals surface area contributed by atoms with E-state index in [2.05, 4.69) is 29.1 Å². The highest BCUT2D eigenvalue weighted by Gasteiger charge is 2.27. The van der Waals surface area contributed by atoms with Crippen LogP contribution in [-0.4, -0.2) is 30.5 Å². The van der Waals surface area contributed by atoms with Crippen molar-refractivity contribution >= 4 is 11.3 Å². The van der Waals surface area contributed by atoms with Gasteiger partial charge in [-0.3, -0.25) is 0 Å². The van der Waals surface area contributed by atoms with E-state index >= 15 is 0 Å². The third-order valence-electron chi connectivity index (χ3n) is 2.56. The van der Waals surface area contributed by atoms with Crippen molar-refractivity contribution in [1.29, 1.82) is 0 Å².